The molecule has 0 aliphatic rings. The highest BCUT2D eigenvalue weighted by Crippen LogP contribution is 2.21. The van der Waals surface area contributed by atoms with E-state index in [1.807, 2.05) is 39.0 Å². The topological polar surface area (TPSA) is 59.3 Å². The van der Waals surface area contributed by atoms with E-state index in [2.05, 4.69) is 15.4 Å². The Balaban J connectivity index is 1.90. The standard InChI is InChI=1S/C14H14N4OS/c1-8-6-4-5-7-11(8)12(19)15-13-16-14-18(17-13)9(2)10(3)20-14/h4-7H,1-3H3,(H,15,17,19). The van der Waals surface area contributed by atoms with Crippen molar-refractivity contribution < 1.29 is 4.79 Å². The number of carbonyl (C=O) groups is 1. The molecule has 2 heterocycles. The lowest BCUT2D eigenvalue weighted by molar-refractivity contribution is 0.102. The van der Waals surface area contributed by atoms with Crippen LogP contribution in [-0.2, 0) is 0 Å². The number of rotatable bonds is 2. The zero-order valence-corrected chi connectivity index (χ0v) is 12.3. The third-order valence-electron chi connectivity index (χ3n) is 3.26. The van der Waals surface area contributed by atoms with E-state index >= 15 is 0 Å². The fourth-order valence-electron chi connectivity index (χ4n) is 1.99. The van der Waals surface area contributed by atoms with E-state index in [-0.39, 0.29) is 5.91 Å². The van der Waals surface area contributed by atoms with Crippen LogP contribution in [0, 0.1) is 20.8 Å². The molecule has 0 aliphatic heterocycles. The van der Waals surface area contributed by atoms with Gasteiger partial charge in [-0.1, -0.05) is 29.5 Å². The van der Waals surface area contributed by atoms with Gasteiger partial charge < -0.3 is 0 Å². The minimum Gasteiger partial charge on any atom is -0.289 e. The summed E-state index contributed by atoms with van der Waals surface area (Å²) in [6.07, 6.45) is 0. The third kappa shape index (κ3) is 2.08. The number of nitrogens with zero attached hydrogens (tertiary/aromatic N) is 3. The normalized spacial score (nSPS) is 10.9. The molecule has 3 rings (SSSR count). The largest absolute Gasteiger partial charge is 0.289 e. The Hall–Kier alpha value is -2.21. The Labute approximate surface area is 120 Å². The number of anilines is 1. The van der Waals surface area contributed by atoms with Crippen LogP contribution in [0.5, 0.6) is 0 Å². The van der Waals surface area contributed by atoms with Crippen molar-refractivity contribution in [3.8, 4) is 0 Å². The van der Waals surface area contributed by atoms with Gasteiger partial charge >= 0.3 is 0 Å². The Morgan fingerprint density at radius 3 is 2.70 bits per heavy atom. The molecule has 0 saturated carbocycles. The summed E-state index contributed by atoms with van der Waals surface area (Å²) in [5.74, 6) is 0.156. The molecule has 5 nitrogen and oxygen atoms in total. The van der Waals surface area contributed by atoms with Crippen molar-refractivity contribution in [1.82, 2.24) is 14.6 Å². The van der Waals surface area contributed by atoms with Crippen LogP contribution in [0.4, 0.5) is 5.95 Å². The second kappa shape index (κ2) is 4.72. The number of thiazole rings is 1. The number of nitrogens with one attached hydrogen (secondary N) is 1. The van der Waals surface area contributed by atoms with E-state index in [0.717, 1.165) is 16.2 Å². The lowest BCUT2D eigenvalue weighted by Crippen LogP contribution is -2.14. The molecule has 0 atom stereocenters. The first-order chi connectivity index (χ1) is 9.56. The summed E-state index contributed by atoms with van der Waals surface area (Å²) >= 11 is 1.56. The highest BCUT2D eigenvalue weighted by atomic mass is 32.1. The molecular formula is C14H14N4OS. The van der Waals surface area contributed by atoms with Gasteiger partial charge in [-0.05, 0) is 32.4 Å². The first kappa shape index (κ1) is 12.8. The van der Waals surface area contributed by atoms with Crippen molar-refractivity contribution in [2.75, 3.05) is 5.32 Å². The third-order valence-corrected chi connectivity index (χ3v) is 4.31. The molecule has 0 spiro atoms. The van der Waals surface area contributed by atoms with E-state index in [1.165, 1.54) is 4.88 Å². The van der Waals surface area contributed by atoms with Gasteiger partial charge in [-0.25, -0.2) is 4.52 Å². The van der Waals surface area contributed by atoms with Gasteiger partial charge in [0.1, 0.15) is 0 Å². The van der Waals surface area contributed by atoms with Crippen LogP contribution in [0.1, 0.15) is 26.5 Å². The summed E-state index contributed by atoms with van der Waals surface area (Å²) in [6, 6.07) is 7.44. The highest BCUT2D eigenvalue weighted by molar-refractivity contribution is 7.17. The summed E-state index contributed by atoms with van der Waals surface area (Å²) in [5.41, 5.74) is 2.62. The molecule has 0 bridgehead atoms. The van der Waals surface area contributed by atoms with Crippen molar-refractivity contribution >= 4 is 28.2 Å². The van der Waals surface area contributed by atoms with Gasteiger partial charge in [0.25, 0.3) is 11.9 Å². The number of aryl methyl sites for hydroxylation is 3. The fraction of sp³-hybridized carbons (Fsp3) is 0.214. The molecule has 1 aromatic carbocycles. The van der Waals surface area contributed by atoms with Gasteiger partial charge in [0.15, 0.2) is 0 Å². The maximum atomic E-state index is 12.2. The molecule has 1 N–H and O–H groups in total. The van der Waals surface area contributed by atoms with E-state index in [9.17, 15) is 4.79 Å². The van der Waals surface area contributed by atoms with Crippen LogP contribution in [0.25, 0.3) is 4.96 Å². The Morgan fingerprint density at radius 2 is 2.00 bits per heavy atom. The summed E-state index contributed by atoms with van der Waals surface area (Å²) in [6.45, 7) is 5.92. The van der Waals surface area contributed by atoms with Crippen molar-refractivity contribution in [3.63, 3.8) is 0 Å². The van der Waals surface area contributed by atoms with Gasteiger partial charge in [0.2, 0.25) is 4.96 Å². The molecular weight excluding hydrogens is 272 g/mol. The van der Waals surface area contributed by atoms with Gasteiger partial charge in [-0.15, -0.1) is 5.10 Å². The minimum absolute atomic E-state index is 0.185. The Morgan fingerprint density at radius 1 is 1.25 bits per heavy atom. The summed E-state index contributed by atoms with van der Waals surface area (Å²) in [4.78, 5) is 18.5. The van der Waals surface area contributed by atoms with Crippen molar-refractivity contribution in [3.05, 3.63) is 46.0 Å². The van der Waals surface area contributed by atoms with Crippen molar-refractivity contribution in [2.24, 2.45) is 0 Å². The number of aromatic nitrogens is 3. The molecule has 20 heavy (non-hydrogen) atoms. The highest BCUT2D eigenvalue weighted by Gasteiger charge is 2.14. The summed E-state index contributed by atoms with van der Waals surface area (Å²) in [7, 11) is 0. The van der Waals surface area contributed by atoms with Crippen LogP contribution in [0.2, 0.25) is 0 Å². The van der Waals surface area contributed by atoms with Crippen LogP contribution in [-0.4, -0.2) is 20.5 Å². The van der Waals surface area contributed by atoms with E-state index in [0.29, 0.717) is 11.5 Å². The maximum Gasteiger partial charge on any atom is 0.258 e. The molecule has 6 heteroatoms. The molecule has 2 aromatic heterocycles. The molecule has 3 aromatic rings. The molecule has 102 valence electrons. The lowest BCUT2D eigenvalue weighted by atomic mass is 10.1. The quantitative estimate of drug-likeness (QED) is 0.788. The SMILES string of the molecule is Cc1ccccc1C(=O)Nc1nc2sc(C)c(C)n2n1. The van der Waals surface area contributed by atoms with E-state index in [4.69, 9.17) is 0 Å². The van der Waals surface area contributed by atoms with Crippen LogP contribution < -0.4 is 5.32 Å². The molecule has 0 radical (unpaired) electrons. The number of hydrogen-bond donors (Lipinski definition) is 1. The lowest BCUT2D eigenvalue weighted by Gasteiger charge is -2.03. The summed E-state index contributed by atoms with van der Waals surface area (Å²) < 4.78 is 1.76. The van der Waals surface area contributed by atoms with E-state index in [1.54, 1.807) is 21.9 Å². The second-order valence-electron chi connectivity index (χ2n) is 4.64. The van der Waals surface area contributed by atoms with Crippen LogP contribution in [0.15, 0.2) is 24.3 Å². The smallest absolute Gasteiger partial charge is 0.258 e. The number of amides is 1. The van der Waals surface area contributed by atoms with Crippen LogP contribution in [0.3, 0.4) is 0 Å². The Bertz CT molecular complexity index is 803. The average Bonchev–Trinajstić information content (AvgIpc) is 2.90. The maximum absolute atomic E-state index is 12.2. The number of benzene rings is 1. The number of hydrogen-bond acceptors (Lipinski definition) is 4. The van der Waals surface area contributed by atoms with E-state index < -0.39 is 0 Å². The molecule has 0 saturated heterocycles. The first-order valence-corrected chi connectivity index (χ1v) is 7.07. The number of carbonyl (C=O) groups excluding carboxylic acids is 1. The number of fused-ring (bicyclic) bond motifs is 1. The monoisotopic (exact) mass is 286 g/mol. The fourth-order valence-corrected chi connectivity index (χ4v) is 2.90. The van der Waals surface area contributed by atoms with Gasteiger partial charge in [0, 0.05) is 10.4 Å². The van der Waals surface area contributed by atoms with Gasteiger partial charge in [-0.2, -0.15) is 4.98 Å². The molecule has 0 unspecified atom stereocenters. The van der Waals surface area contributed by atoms with Crippen molar-refractivity contribution in [1.29, 1.82) is 0 Å². The minimum atomic E-state index is -0.185. The van der Waals surface area contributed by atoms with Crippen LogP contribution >= 0.6 is 11.3 Å². The molecule has 0 fully saturated rings. The Kier molecular flexibility index (Phi) is 3.02. The zero-order valence-electron chi connectivity index (χ0n) is 11.5. The molecule has 1 amide bonds. The summed E-state index contributed by atoms with van der Waals surface area (Å²) in [5, 5.41) is 7.06. The van der Waals surface area contributed by atoms with Gasteiger partial charge in [-0.3, -0.25) is 10.1 Å². The zero-order chi connectivity index (χ0) is 14.3. The van der Waals surface area contributed by atoms with Gasteiger partial charge in [0.05, 0.1) is 5.69 Å². The average molecular weight is 286 g/mol. The predicted molar refractivity (Wildman–Crippen MR) is 79.5 cm³/mol. The predicted octanol–water partition coefficient (Wildman–Crippen LogP) is 2.97. The molecule has 0 aliphatic carbocycles. The van der Waals surface area contributed by atoms with Crippen molar-refractivity contribution in [2.45, 2.75) is 20.8 Å². The first-order valence-electron chi connectivity index (χ1n) is 6.26. The second-order valence-corrected chi connectivity index (χ2v) is 5.82.